The van der Waals surface area contributed by atoms with E-state index in [1.54, 1.807) is 6.20 Å². The van der Waals surface area contributed by atoms with Gasteiger partial charge in [0.15, 0.2) is 0 Å². The van der Waals surface area contributed by atoms with Gasteiger partial charge < -0.3 is 10.7 Å². The first-order valence-electron chi connectivity index (χ1n) is 3.19. The van der Waals surface area contributed by atoms with Gasteiger partial charge in [-0.2, -0.15) is 0 Å². The van der Waals surface area contributed by atoms with Crippen LogP contribution in [0.15, 0.2) is 12.3 Å². The predicted molar refractivity (Wildman–Crippen MR) is 43.4 cm³/mol. The zero-order valence-electron chi connectivity index (χ0n) is 6.23. The molecule has 1 heterocycles. The highest BCUT2D eigenvalue weighted by atomic mass is 14.7. The van der Waals surface area contributed by atoms with Crippen LogP contribution in [-0.4, -0.2) is 4.98 Å². The number of hydrogen-bond acceptors (Lipinski definition) is 1. The molecule has 0 bridgehead atoms. The number of nitrogens with two attached hydrogens (primary N) is 1. The van der Waals surface area contributed by atoms with Crippen LogP contribution in [0.3, 0.4) is 0 Å². The van der Waals surface area contributed by atoms with Crippen molar-refractivity contribution in [3.8, 4) is 0 Å². The maximum atomic E-state index is 5.35. The van der Waals surface area contributed by atoms with Crippen molar-refractivity contribution in [3.05, 3.63) is 18.0 Å². The van der Waals surface area contributed by atoms with Crippen molar-refractivity contribution in [2.75, 3.05) is 5.73 Å². The van der Waals surface area contributed by atoms with Crippen LogP contribution < -0.4 is 5.73 Å². The summed E-state index contributed by atoms with van der Waals surface area (Å²) in [5.74, 6) is 0. The lowest BCUT2D eigenvalue weighted by Gasteiger charge is -1.72. The molecule has 0 spiro atoms. The maximum absolute atomic E-state index is 5.35. The average molecular weight is 128 g/mol. The van der Waals surface area contributed by atoms with Crippen molar-refractivity contribution in [3.63, 3.8) is 0 Å². The number of hydrogen-bond donors (Lipinski definition) is 2. The van der Waals surface area contributed by atoms with Crippen LogP contribution >= 0.6 is 0 Å². The van der Waals surface area contributed by atoms with Crippen molar-refractivity contribution >= 4 is 5.69 Å². The lowest BCUT2D eigenvalue weighted by atomic mass is 10.5. The molecule has 0 radical (unpaired) electrons. The molecule has 0 saturated heterocycles. The summed E-state index contributed by atoms with van der Waals surface area (Å²) in [6, 6.07) is 1.89. The zero-order chi connectivity index (χ0) is 7.28. The molecule has 0 atom stereocenters. The third-order valence-electron chi connectivity index (χ3n) is 0.850. The first-order valence-corrected chi connectivity index (χ1v) is 3.19. The van der Waals surface area contributed by atoms with Gasteiger partial charge in [0.05, 0.1) is 0 Å². The van der Waals surface area contributed by atoms with Gasteiger partial charge in [-0.25, -0.2) is 0 Å². The first kappa shape index (κ1) is 8.08. The summed E-state index contributed by atoms with van der Waals surface area (Å²) in [6.07, 6.45) is 1.77. The molecule has 9 heavy (non-hydrogen) atoms. The molecule has 2 nitrogen and oxygen atoms in total. The summed E-state index contributed by atoms with van der Waals surface area (Å²) >= 11 is 0. The number of nitrogen functional groups attached to an aromatic ring is 1. The average Bonchev–Trinajstić information content (AvgIpc) is 2.20. The summed E-state index contributed by atoms with van der Waals surface area (Å²) in [5.41, 5.74) is 7.26. The highest BCUT2D eigenvalue weighted by Crippen LogP contribution is 2.00. The molecule has 0 unspecified atom stereocenters. The molecule has 1 aromatic rings. The van der Waals surface area contributed by atoms with Gasteiger partial charge in [-0.05, 0) is 13.0 Å². The Morgan fingerprint density at radius 1 is 1.56 bits per heavy atom. The van der Waals surface area contributed by atoms with Crippen molar-refractivity contribution in [2.45, 2.75) is 20.8 Å². The third kappa shape index (κ3) is 2.80. The molecular weight excluding hydrogens is 112 g/mol. The van der Waals surface area contributed by atoms with Crippen LogP contribution in [0.25, 0.3) is 0 Å². The van der Waals surface area contributed by atoms with E-state index in [1.807, 2.05) is 26.8 Å². The summed E-state index contributed by atoms with van der Waals surface area (Å²) in [6.45, 7) is 5.97. The smallest absolute Gasteiger partial charge is 0.0494 e. The van der Waals surface area contributed by atoms with Crippen LogP contribution in [0.2, 0.25) is 0 Å². The molecule has 0 amide bonds. The van der Waals surface area contributed by atoms with Gasteiger partial charge >= 0.3 is 0 Å². The number of anilines is 1. The number of aromatic nitrogens is 1. The highest BCUT2D eigenvalue weighted by molar-refractivity contribution is 5.36. The Morgan fingerprint density at radius 2 is 2.11 bits per heavy atom. The van der Waals surface area contributed by atoms with Gasteiger partial charge in [-0.1, -0.05) is 13.8 Å². The van der Waals surface area contributed by atoms with E-state index in [0.717, 1.165) is 11.4 Å². The zero-order valence-corrected chi connectivity index (χ0v) is 6.23. The van der Waals surface area contributed by atoms with Crippen LogP contribution in [0.4, 0.5) is 5.69 Å². The Hall–Kier alpha value is -0.920. The van der Waals surface area contributed by atoms with Crippen LogP contribution in [-0.2, 0) is 0 Å². The summed E-state index contributed by atoms with van der Waals surface area (Å²) < 4.78 is 0. The van der Waals surface area contributed by atoms with Crippen molar-refractivity contribution in [1.82, 2.24) is 4.98 Å². The van der Waals surface area contributed by atoms with E-state index in [2.05, 4.69) is 4.98 Å². The van der Waals surface area contributed by atoms with Gasteiger partial charge in [0.25, 0.3) is 0 Å². The summed E-state index contributed by atoms with van der Waals surface area (Å²) in [5, 5.41) is 0. The molecule has 3 N–H and O–H groups in total. The van der Waals surface area contributed by atoms with E-state index in [4.69, 9.17) is 5.73 Å². The Balaban J connectivity index is 0. The molecule has 54 valence electrons. The monoisotopic (exact) mass is 128 g/mol. The van der Waals surface area contributed by atoms with Crippen LogP contribution in [0.1, 0.15) is 21.0 Å². The van der Waals surface area contributed by atoms with Crippen molar-refractivity contribution in [1.29, 1.82) is 0 Å². The van der Waals surface area contributed by atoms with Gasteiger partial charge in [-0.15, -0.1) is 0 Å². The van der Waals surface area contributed by atoms with Gasteiger partial charge in [0, 0.05) is 19.0 Å². The van der Waals surface area contributed by atoms with Gasteiger partial charge in [0.2, 0.25) is 0 Å². The lowest BCUT2D eigenvalue weighted by molar-refractivity contribution is 1.27. The Morgan fingerprint density at radius 3 is 2.22 bits per heavy atom. The van der Waals surface area contributed by atoms with Crippen molar-refractivity contribution in [2.24, 2.45) is 0 Å². The number of rotatable bonds is 0. The quantitative estimate of drug-likeness (QED) is 0.552. The fourth-order valence-electron chi connectivity index (χ4n) is 0.531. The van der Waals surface area contributed by atoms with Gasteiger partial charge in [-0.3, -0.25) is 0 Å². The first-order chi connectivity index (χ1) is 4.29. The van der Waals surface area contributed by atoms with E-state index < -0.39 is 0 Å². The second-order valence-electron chi connectivity index (χ2n) is 1.62. The predicted octanol–water partition coefficient (Wildman–Crippen LogP) is 2.18. The normalized spacial score (nSPS) is 7.89. The summed E-state index contributed by atoms with van der Waals surface area (Å²) in [4.78, 5) is 2.94. The number of nitrogens with one attached hydrogen (secondary N) is 1. The van der Waals surface area contributed by atoms with E-state index in [0.29, 0.717) is 0 Å². The number of aromatic amines is 1. The molecule has 2 heteroatoms. The van der Waals surface area contributed by atoms with E-state index in [-0.39, 0.29) is 1.43 Å². The van der Waals surface area contributed by atoms with E-state index in [1.165, 1.54) is 0 Å². The molecule has 0 fully saturated rings. The van der Waals surface area contributed by atoms with Crippen LogP contribution in [0, 0.1) is 6.92 Å². The minimum Gasteiger partial charge on any atom is -0.397 e. The second kappa shape index (κ2) is 4.01. The molecule has 0 saturated carbocycles. The largest absolute Gasteiger partial charge is 0.397 e. The maximum Gasteiger partial charge on any atom is 0.0494 e. The Kier molecular flexibility index (Phi) is 3.60. The SMILES string of the molecule is CC.Cc1cc(N)c[nH]1.[HH]. The standard InChI is InChI=1S/C5H8N2.C2H6.H2/c1-4-2-5(6)3-7-4;1-2;/h2-3,7H,6H2,1H3;1-2H3;1H. The fourth-order valence-corrected chi connectivity index (χ4v) is 0.531. The van der Waals surface area contributed by atoms with E-state index >= 15 is 0 Å². The highest BCUT2D eigenvalue weighted by Gasteiger charge is 1.83. The molecule has 0 aliphatic carbocycles. The Labute approximate surface area is 57.6 Å². The topological polar surface area (TPSA) is 41.8 Å². The van der Waals surface area contributed by atoms with E-state index in [9.17, 15) is 0 Å². The van der Waals surface area contributed by atoms with Crippen LogP contribution in [0.5, 0.6) is 0 Å². The minimum absolute atomic E-state index is 0. The molecule has 1 aromatic heterocycles. The third-order valence-corrected chi connectivity index (χ3v) is 0.850. The minimum atomic E-state index is 0. The van der Waals surface area contributed by atoms with Gasteiger partial charge in [0.1, 0.15) is 0 Å². The molecular formula is C7H16N2. The molecule has 0 aliphatic rings. The lowest BCUT2D eigenvalue weighted by Crippen LogP contribution is -1.75. The van der Waals surface area contributed by atoms with Crippen molar-refractivity contribution < 1.29 is 1.43 Å². The second-order valence-corrected chi connectivity index (χ2v) is 1.62. The Bertz CT molecular complexity index is 144. The molecule has 0 aromatic carbocycles. The number of H-pyrrole nitrogens is 1. The summed E-state index contributed by atoms with van der Waals surface area (Å²) in [7, 11) is 0. The fraction of sp³-hybridized carbons (Fsp3) is 0.429. The molecule has 1 rings (SSSR count). The molecule has 0 aliphatic heterocycles. The number of aryl methyl sites for hydroxylation is 1.